The lowest BCUT2D eigenvalue weighted by atomic mass is 10.0. The quantitative estimate of drug-likeness (QED) is 0.386. The molecule has 6 nitrogen and oxygen atoms in total. The number of para-hydroxylation sites is 1. The fourth-order valence-electron chi connectivity index (χ4n) is 3.48. The highest BCUT2D eigenvalue weighted by Crippen LogP contribution is 2.26. The van der Waals surface area contributed by atoms with E-state index in [-0.39, 0.29) is 12.5 Å². The van der Waals surface area contributed by atoms with Crippen LogP contribution < -0.4 is 14.4 Å². The summed E-state index contributed by atoms with van der Waals surface area (Å²) in [5, 5.41) is 3.32. The summed E-state index contributed by atoms with van der Waals surface area (Å²) >= 11 is 6.21. The van der Waals surface area contributed by atoms with Crippen LogP contribution in [0.25, 0.3) is 0 Å². The second kappa shape index (κ2) is 11.4. The third-order valence-electron chi connectivity index (χ3n) is 5.28. The molecule has 1 amide bonds. The van der Waals surface area contributed by atoms with Gasteiger partial charge in [-0.15, -0.1) is 0 Å². The maximum Gasteiger partial charge on any atom is 0.251 e. The lowest BCUT2D eigenvalue weighted by Gasteiger charge is -2.23. The molecule has 0 atom stereocenters. The number of nitrogens with one attached hydrogen (secondary N) is 1. The van der Waals surface area contributed by atoms with E-state index >= 15 is 0 Å². The summed E-state index contributed by atoms with van der Waals surface area (Å²) in [6.45, 7) is 4.99. The zero-order chi connectivity index (χ0) is 24.7. The van der Waals surface area contributed by atoms with Crippen molar-refractivity contribution in [1.29, 1.82) is 0 Å². The Morgan fingerprint density at radius 2 is 1.65 bits per heavy atom. The predicted molar refractivity (Wildman–Crippen MR) is 137 cm³/mol. The van der Waals surface area contributed by atoms with Crippen molar-refractivity contribution < 1.29 is 17.9 Å². The Bertz CT molecular complexity index is 1230. The number of rotatable bonds is 10. The molecule has 3 rings (SSSR count). The molecule has 0 saturated carbocycles. The minimum atomic E-state index is -3.56. The Kier molecular flexibility index (Phi) is 8.58. The fraction of sp³-hybridized carbons (Fsp3) is 0.269. The minimum absolute atomic E-state index is 0.0965. The van der Waals surface area contributed by atoms with Crippen LogP contribution in [-0.2, 0) is 16.6 Å². The van der Waals surface area contributed by atoms with Crippen molar-refractivity contribution in [3.8, 4) is 5.75 Å². The first-order chi connectivity index (χ1) is 16.2. The lowest BCUT2D eigenvalue weighted by Crippen LogP contribution is -2.30. The van der Waals surface area contributed by atoms with Gasteiger partial charge in [-0.1, -0.05) is 61.8 Å². The molecule has 180 valence electrons. The van der Waals surface area contributed by atoms with Gasteiger partial charge in [-0.2, -0.15) is 0 Å². The van der Waals surface area contributed by atoms with Crippen molar-refractivity contribution in [2.45, 2.75) is 26.3 Å². The van der Waals surface area contributed by atoms with Crippen LogP contribution in [0.1, 0.15) is 41.3 Å². The number of anilines is 1. The number of hydrogen-bond acceptors (Lipinski definition) is 4. The molecule has 0 bridgehead atoms. The number of carbonyl (C=O) groups is 1. The van der Waals surface area contributed by atoms with E-state index in [4.69, 9.17) is 16.3 Å². The van der Waals surface area contributed by atoms with E-state index in [0.717, 1.165) is 17.6 Å². The normalized spacial score (nSPS) is 11.3. The summed E-state index contributed by atoms with van der Waals surface area (Å²) in [7, 11) is -3.56. The molecule has 0 saturated heterocycles. The number of carbonyl (C=O) groups excluding carboxylic acids is 1. The summed E-state index contributed by atoms with van der Waals surface area (Å²) in [4.78, 5) is 12.5. The van der Waals surface area contributed by atoms with Gasteiger partial charge in [0.05, 0.1) is 25.0 Å². The Morgan fingerprint density at radius 3 is 2.29 bits per heavy atom. The van der Waals surface area contributed by atoms with Gasteiger partial charge in [0.1, 0.15) is 12.4 Å². The largest absolute Gasteiger partial charge is 0.491 e. The number of ether oxygens (including phenoxy) is 1. The highest BCUT2D eigenvalue weighted by molar-refractivity contribution is 7.92. The van der Waals surface area contributed by atoms with E-state index in [0.29, 0.717) is 40.9 Å². The van der Waals surface area contributed by atoms with Gasteiger partial charge in [-0.05, 0) is 53.4 Å². The maximum absolute atomic E-state index is 12.5. The molecule has 0 radical (unpaired) electrons. The summed E-state index contributed by atoms with van der Waals surface area (Å²) in [5.74, 6) is 0.897. The van der Waals surface area contributed by atoms with E-state index in [9.17, 15) is 13.2 Å². The maximum atomic E-state index is 12.5. The van der Waals surface area contributed by atoms with Gasteiger partial charge < -0.3 is 10.1 Å². The first-order valence-corrected chi connectivity index (χ1v) is 13.2. The van der Waals surface area contributed by atoms with Gasteiger partial charge in [0.15, 0.2) is 0 Å². The highest BCUT2D eigenvalue weighted by atomic mass is 35.5. The molecule has 1 N–H and O–H groups in total. The molecule has 0 unspecified atom stereocenters. The second-order valence-electron chi connectivity index (χ2n) is 8.20. The molecule has 0 fully saturated rings. The van der Waals surface area contributed by atoms with E-state index in [1.807, 2.05) is 24.3 Å². The fourth-order valence-corrected chi connectivity index (χ4v) is 4.55. The van der Waals surface area contributed by atoms with E-state index < -0.39 is 10.0 Å². The molecule has 0 aliphatic carbocycles. The molecule has 0 spiro atoms. The zero-order valence-electron chi connectivity index (χ0n) is 19.5. The van der Waals surface area contributed by atoms with Gasteiger partial charge in [-0.3, -0.25) is 9.10 Å². The molecule has 0 heterocycles. The number of sulfonamides is 1. The number of benzene rings is 3. The van der Waals surface area contributed by atoms with E-state index in [2.05, 4.69) is 19.2 Å². The van der Waals surface area contributed by atoms with Crippen LogP contribution in [0.2, 0.25) is 5.02 Å². The van der Waals surface area contributed by atoms with Crippen molar-refractivity contribution in [2.75, 3.05) is 23.7 Å². The molecule has 0 aromatic heterocycles. The topological polar surface area (TPSA) is 75.7 Å². The second-order valence-corrected chi connectivity index (χ2v) is 10.5. The zero-order valence-corrected chi connectivity index (χ0v) is 21.1. The molecule has 3 aromatic carbocycles. The number of hydrogen-bond donors (Lipinski definition) is 1. The Labute approximate surface area is 206 Å². The molecule has 0 aliphatic rings. The third kappa shape index (κ3) is 6.74. The molecular formula is C26H29ClN2O4S. The van der Waals surface area contributed by atoms with Crippen molar-refractivity contribution in [3.05, 3.63) is 94.5 Å². The Balaban J connectivity index is 1.61. The summed E-state index contributed by atoms with van der Waals surface area (Å²) in [6, 6.07) is 21.4. The van der Waals surface area contributed by atoms with Gasteiger partial charge >= 0.3 is 0 Å². The molecular weight excluding hydrogens is 472 g/mol. The third-order valence-corrected chi connectivity index (χ3v) is 6.79. The van der Waals surface area contributed by atoms with Gasteiger partial charge in [0.25, 0.3) is 5.91 Å². The number of nitrogens with zero attached hydrogens (tertiary/aromatic N) is 1. The van der Waals surface area contributed by atoms with Crippen molar-refractivity contribution in [3.63, 3.8) is 0 Å². The van der Waals surface area contributed by atoms with Crippen LogP contribution in [0, 0.1) is 0 Å². The Morgan fingerprint density at radius 1 is 1.00 bits per heavy atom. The van der Waals surface area contributed by atoms with Crippen LogP contribution in [0.15, 0.2) is 72.8 Å². The van der Waals surface area contributed by atoms with Crippen LogP contribution >= 0.6 is 11.6 Å². The number of amides is 1. The molecule has 0 aliphatic heterocycles. The average molecular weight is 501 g/mol. The van der Waals surface area contributed by atoms with E-state index in [1.165, 1.54) is 4.31 Å². The summed E-state index contributed by atoms with van der Waals surface area (Å²) < 4.78 is 31.9. The lowest BCUT2D eigenvalue weighted by molar-refractivity contribution is 0.0947. The smallest absolute Gasteiger partial charge is 0.251 e. The van der Waals surface area contributed by atoms with Crippen molar-refractivity contribution >= 4 is 33.2 Å². The number of halogens is 1. The van der Waals surface area contributed by atoms with Gasteiger partial charge in [-0.25, -0.2) is 8.42 Å². The monoisotopic (exact) mass is 500 g/mol. The molecule has 3 aromatic rings. The van der Waals surface area contributed by atoms with Crippen LogP contribution in [0.5, 0.6) is 5.75 Å². The summed E-state index contributed by atoms with van der Waals surface area (Å²) in [5.41, 5.74) is 2.69. The van der Waals surface area contributed by atoms with E-state index in [1.54, 1.807) is 48.5 Å². The van der Waals surface area contributed by atoms with Gasteiger partial charge in [0.2, 0.25) is 10.0 Å². The Hall–Kier alpha value is -3.03. The predicted octanol–water partition coefficient (Wildman–Crippen LogP) is 5.24. The highest BCUT2D eigenvalue weighted by Gasteiger charge is 2.19. The van der Waals surface area contributed by atoms with Crippen molar-refractivity contribution in [1.82, 2.24) is 5.32 Å². The van der Waals surface area contributed by atoms with Gasteiger partial charge in [0, 0.05) is 10.6 Å². The van der Waals surface area contributed by atoms with Crippen molar-refractivity contribution in [2.24, 2.45) is 0 Å². The molecule has 8 heteroatoms. The first-order valence-electron chi connectivity index (χ1n) is 11.0. The first kappa shape index (κ1) is 25.6. The average Bonchev–Trinajstić information content (AvgIpc) is 2.80. The summed E-state index contributed by atoms with van der Waals surface area (Å²) in [6.07, 6.45) is 1.14. The minimum Gasteiger partial charge on any atom is -0.491 e. The van der Waals surface area contributed by atoms with Crippen LogP contribution in [0.4, 0.5) is 5.69 Å². The van der Waals surface area contributed by atoms with Crippen LogP contribution in [-0.4, -0.2) is 33.7 Å². The standard InChI is InChI=1S/C26H29ClN2O4S/c1-19(2)23-9-5-7-11-25(23)33-17-16-28-26(30)20-12-14-22(15-13-20)29(34(3,31)32)18-21-8-4-6-10-24(21)27/h4-15,19H,16-18H2,1-3H3,(H,28,30). The van der Waals surface area contributed by atoms with Crippen LogP contribution in [0.3, 0.4) is 0 Å². The molecule has 34 heavy (non-hydrogen) atoms. The SMILES string of the molecule is CC(C)c1ccccc1OCCNC(=O)c1ccc(N(Cc2ccccc2Cl)S(C)(=O)=O)cc1.